The van der Waals surface area contributed by atoms with Gasteiger partial charge in [-0.05, 0) is 14.1 Å². The van der Waals surface area contributed by atoms with E-state index in [0.717, 1.165) is 0 Å². The van der Waals surface area contributed by atoms with Crippen molar-refractivity contribution in [1.29, 1.82) is 0 Å². The van der Waals surface area contributed by atoms with Crippen molar-refractivity contribution in [2.75, 3.05) is 20.6 Å². The summed E-state index contributed by atoms with van der Waals surface area (Å²) in [4.78, 5) is 35.9. The SMILES string of the molecule is CN(C)CC(P(=O)(O)O)P(=O)(O)O. The minimum absolute atomic E-state index is 0.353. The lowest BCUT2D eigenvalue weighted by molar-refractivity contribution is 0.314. The Labute approximate surface area is 75.7 Å². The predicted molar refractivity (Wildman–Crippen MR) is 46.4 cm³/mol. The van der Waals surface area contributed by atoms with Gasteiger partial charge in [-0.1, -0.05) is 0 Å². The van der Waals surface area contributed by atoms with Crippen molar-refractivity contribution in [3.63, 3.8) is 0 Å². The third kappa shape index (κ3) is 4.88. The molecule has 0 aromatic carbocycles. The van der Waals surface area contributed by atoms with E-state index in [1.807, 2.05) is 0 Å². The molecule has 13 heavy (non-hydrogen) atoms. The van der Waals surface area contributed by atoms with Gasteiger partial charge >= 0.3 is 15.2 Å². The Balaban J connectivity index is 4.80. The molecule has 0 saturated heterocycles. The second kappa shape index (κ2) is 4.19. The highest BCUT2D eigenvalue weighted by Gasteiger charge is 2.43. The van der Waals surface area contributed by atoms with Gasteiger partial charge in [0.25, 0.3) is 0 Å². The molecule has 0 aromatic heterocycles. The van der Waals surface area contributed by atoms with Crippen molar-refractivity contribution < 1.29 is 28.7 Å². The summed E-state index contributed by atoms with van der Waals surface area (Å²) in [5.74, 6) is 0. The zero-order valence-corrected chi connectivity index (χ0v) is 9.02. The van der Waals surface area contributed by atoms with Crippen LogP contribution in [-0.2, 0) is 9.13 Å². The Morgan fingerprint density at radius 1 is 1.08 bits per heavy atom. The largest absolute Gasteiger partial charge is 0.342 e. The predicted octanol–water partition coefficient (Wildman–Crippen LogP) is -0.771. The fourth-order valence-electron chi connectivity index (χ4n) is 0.735. The Bertz CT molecular complexity index is 231. The molecule has 0 bridgehead atoms. The van der Waals surface area contributed by atoms with Crippen LogP contribution in [0.1, 0.15) is 0 Å². The highest BCUT2D eigenvalue weighted by Crippen LogP contribution is 2.59. The summed E-state index contributed by atoms with van der Waals surface area (Å²) in [6.07, 6.45) is 0. The van der Waals surface area contributed by atoms with Crippen LogP contribution in [0.25, 0.3) is 0 Å². The summed E-state index contributed by atoms with van der Waals surface area (Å²) < 4.78 is 21.4. The van der Waals surface area contributed by atoms with Gasteiger partial charge in [-0.15, -0.1) is 0 Å². The topological polar surface area (TPSA) is 118 Å². The lowest BCUT2D eigenvalue weighted by Gasteiger charge is -2.22. The fraction of sp³-hybridized carbons (Fsp3) is 1.00. The third-order valence-corrected chi connectivity index (χ3v) is 4.99. The van der Waals surface area contributed by atoms with Gasteiger partial charge < -0.3 is 24.5 Å². The summed E-state index contributed by atoms with van der Waals surface area (Å²) in [5, 5.41) is -1.94. The standard InChI is InChI=1S/C4H13NO6P2/c1-5(2)3-4(12(6,7)8)13(9,10)11/h4H,3H2,1-2H3,(H2,6,7,8)(H2,9,10,11). The molecule has 0 spiro atoms. The Kier molecular flexibility index (Phi) is 4.27. The highest BCUT2D eigenvalue weighted by molar-refractivity contribution is 7.70. The average molecular weight is 233 g/mol. The molecule has 0 saturated carbocycles. The zero-order chi connectivity index (χ0) is 10.9. The van der Waals surface area contributed by atoms with Crippen LogP contribution < -0.4 is 0 Å². The molecule has 7 nitrogen and oxygen atoms in total. The van der Waals surface area contributed by atoms with Crippen LogP contribution in [0.15, 0.2) is 0 Å². The molecule has 0 rings (SSSR count). The molecule has 0 amide bonds. The molecule has 0 unspecified atom stereocenters. The Morgan fingerprint density at radius 3 is 1.46 bits per heavy atom. The molecule has 0 aliphatic rings. The molecule has 9 heteroatoms. The van der Waals surface area contributed by atoms with E-state index in [1.165, 1.54) is 19.0 Å². The van der Waals surface area contributed by atoms with Gasteiger partial charge in [0, 0.05) is 6.54 Å². The highest BCUT2D eigenvalue weighted by atomic mass is 31.2. The van der Waals surface area contributed by atoms with E-state index in [4.69, 9.17) is 19.6 Å². The minimum Gasteiger partial charge on any atom is -0.324 e. The van der Waals surface area contributed by atoms with Gasteiger partial charge in [0.2, 0.25) is 0 Å². The Hall–Kier alpha value is 0.260. The number of hydrogen-bond acceptors (Lipinski definition) is 3. The van der Waals surface area contributed by atoms with Gasteiger partial charge in [-0.3, -0.25) is 9.13 Å². The monoisotopic (exact) mass is 233 g/mol. The number of rotatable bonds is 4. The summed E-state index contributed by atoms with van der Waals surface area (Å²) in [6.45, 7) is -0.353. The zero-order valence-electron chi connectivity index (χ0n) is 7.23. The lowest BCUT2D eigenvalue weighted by atomic mass is 10.7. The third-order valence-electron chi connectivity index (χ3n) is 1.30. The molecule has 0 aliphatic carbocycles. The van der Waals surface area contributed by atoms with Gasteiger partial charge in [-0.2, -0.15) is 0 Å². The summed E-state index contributed by atoms with van der Waals surface area (Å²) in [6, 6.07) is 0. The van der Waals surface area contributed by atoms with Crippen molar-refractivity contribution in [2.45, 2.75) is 5.40 Å². The average Bonchev–Trinajstić information content (AvgIpc) is 1.77. The first-order chi connectivity index (χ1) is 5.55. The molecule has 0 fully saturated rings. The van der Waals surface area contributed by atoms with Crippen molar-refractivity contribution >= 4 is 15.2 Å². The molecule has 0 heterocycles. The van der Waals surface area contributed by atoms with Crippen LogP contribution in [0.3, 0.4) is 0 Å². The van der Waals surface area contributed by atoms with E-state index in [9.17, 15) is 9.13 Å². The maximum atomic E-state index is 10.7. The number of hydrogen-bond donors (Lipinski definition) is 4. The maximum absolute atomic E-state index is 10.7. The van der Waals surface area contributed by atoms with Gasteiger partial charge in [-0.25, -0.2) is 0 Å². The van der Waals surface area contributed by atoms with Crippen molar-refractivity contribution in [3.05, 3.63) is 0 Å². The van der Waals surface area contributed by atoms with Crippen LogP contribution in [0.5, 0.6) is 0 Å². The van der Waals surface area contributed by atoms with E-state index in [-0.39, 0.29) is 6.54 Å². The van der Waals surface area contributed by atoms with Gasteiger partial charge in [0.15, 0.2) is 5.40 Å². The molecular formula is C4H13NO6P2. The summed E-state index contributed by atoms with van der Waals surface area (Å²) in [7, 11) is -6.57. The first kappa shape index (κ1) is 13.3. The molecule has 0 radical (unpaired) electrons. The van der Waals surface area contributed by atoms with E-state index < -0.39 is 20.6 Å². The first-order valence-electron chi connectivity index (χ1n) is 3.30. The number of nitrogens with zero attached hydrogens (tertiary/aromatic N) is 1. The molecular weight excluding hydrogens is 220 g/mol. The van der Waals surface area contributed by atoms with E-state index in [2.05, 4.69) is 0 Å². The molecule has 0 aliphatic heterocycles. The van der Waals surface area contributed by atoms with E-state index in [0.29, 0.717) is 0 Å². The fourth-order valence-corrected chi connectivity index (χ4v) is 3.38. The second-order valence-corrected chi connectivity index (χ2v) is 6.93. The van der Waals surface area contributed by atoms with E-state index in [1.54, 1.807) is 0 Å². The van der Waals surface area contributed by atoms with Crippen LogP contribution >= 0.6 is 15.2 Å². The maximum Gasteiger partial charge on any atom is 0.342 e. The Morgan fingerprint density at radius 2 is 1.38 bits per heavy atom. The first-order valence-corrected chi connectivity index (χ1v) is 6.66. The van der Waals surface area contributed by atoms with Crippen molar-refractivity contribution in [2.24, 2.45) is 0 Å². The summed E-state index contributed by atoms with van der Waals surface area (Å²) >= 11 is 0. The van der Waals surface area contributed by atoms with Crippen LogP contribution in [0.2, 0.25) is 0 Å². The molecule has 0 atom stereocenters. The minimum atomic E-state index is -4.76. The summed E-state index contributed by atoms with van der Waals surface area (Å²) in [5.41, 5.74) is 0. The van der Waals surface area contributed by atoms with Crippen molar-refractivity contribution in [3.8, 4) is 0 Å². The quantitative estimate of drug-likeness (QED) is 0.471. The lowest BCUT2D eigenvalue weighted by Crippen LogP contribution is -2.26. The molecule has 80 valence electrons. The van der Waals surface area contributed by atoms with Crippen LogP contribution in [0.4, 0.5) is 0 Å². The van der Waals surface area contributed by atoms with Crippen LogP contribution in [0, 0.1) is 0 Å². The van der Waals surface area contributed by atoms with Crippen LogP contribution in [-0.4, -0.2) is 50.5 Å². The second-order valence-electron chi connectivity index (χ2n) is 2.92. The molecule has 0 aromatic rings. The smallest absolute Gasteiger partial charge is 0.324 e. The molecule has 4 N–H and O–H groups in total. The van der Waals surface area contributed by atoms with Crippen molar-refractivity contribution in [1.82, 2.24) is 4.90 Å². The van der Waals surface area contributed by atoms with Gasteiger partial charge in [0.05, 0.1) is 0 Å². The normalized spacial score (nSPS) is 14.2. The van der Waals surface area contributed by atoms with E-state index >= 15 is 0 Å². The van der Waals surface area contributed by atoms with Gasteiger partial charge in [0.1, 0.15) is 0 Å².